The number of hydrogen-bond acceptors (Lipinski definition) is 4. The molecule has 1 aromatic rings. The van der Waals surface area contributed by atoms with E-state index in [-0.39, 0.29) is 0 Å². The van der Waals surface area contributed by atoms with Gasteiger partial charge in [0, 0.05) is 30.8 Å². The molecule has 4 nitrogen and oxygen atoms in total. The van der Waals surface area contributed by atoms with Gasteiger partial charge in [0.05, 0.1) is 18.9 Å². The zero-order chi connectivity index (χ0) is 13.2. The molecule has 1 N–H and O–H groups in total. The molecule has 19 heavy (non-hydrogen) atoms. The lowest BCUT2D eigenvalue weighted by atomic mass is 10.1. The molecule has 1 saturated heterocycles. The van der Waals surface area contributed by atoms with Gasteiger partial charge in [-0.15, -0.1) is 0 Å². The van der Waals surface area contributed by atoms with Gasteiger partial charge in [0.1, 0.15) is 5.76 Å². The maximum atomic E-state index is 5.66. The second kappa shape index (κ2) is 5.65. The molecule has 2 unspecified atom stereocenters. The first kappa shape index (κ1) is 13.2. The maximum Gasteiger partial charge on any atom is 0.118 e. The van der Waals surface area contributed by atoms with E-state index < -0.39 is 0 Å². The van der Waals surface area contributed by atoms with Crippen LogP contribution in [0.5, 0.6) is 0 Å². The highest BCUT2D eigenvalue weighted by molar-refractivity contribution is 5.13. The summed E-state index contributed by atoms with van der Waals surface area (Å²) in [6.07, 6.45) is 5.98. The molecule has 1 aliphatic heterocycles. The van der Waals surface area contributed by atoms with Crippen molar-refractivity contribution in [3.63, 3.8) is 0 Å². The highest BCUT2D eigenvalue weighted by Gasteiger charge is 2.28. The smallest absolute Gasteiger partial charge is 0.118 e. The molecule has 1 saturated carbocycles. The Morgan fingerprint density at radius 2 is 2.21 bits per heavy atom. The third-order valence-corrected chi connectivity index (χ3v) is 4.19. The molecule has 0 spiro atoms. The topological polar surface area (TPSA) is 37.6 Å². The largest absolute Gasteiger partial charge is 0.468 e. The van der Waals surface area contributed by atoms with E-state index in [1.807, 2.05) is 6.26 Å². The van der Waals surface area contributed by atoms with Crippen LogP contribution in [0.25, 0.3) is 0 Å². The summed E-state index contributed by atoms with van der Waals surface area (Å²) in [5, 5.41) is 3.51. The zero-order valence-electron chi connectivity index (χ0n) is 11.9. The molecule has 1 aliphatic carbocycles. The van der Waals surface area contributed by atoms with Crippen LogP contribution in [0.2, 0.25) is 0 Å². The predicted octanol–water partition coefficient (Wildman–Crippen LogP) is 2.14. The molecular weight excluding hydrogens is 240 g/mol. The predicted molar refractivity (Wildman–Crippen MR) is 73.9 cm³/mol. The number of hydrogen-bond donors (Lipinski definition) is 1. The van der Waals surface area contributed by atoms with Crippen LogP contribution in [-0.2, 0) is 17.8 Å². The van der Waals surface area contributed by atoms with Crippen molar-refractivity contribution in [1.82, 2.24) is 10.2 Å². The van der Waals surface area contributed by atoms with Gasteiger partial charge in [0.25, 0.3) is 0 Å². The Bertz CT molecular complexity index is 414. The fraction of sp³-hybridized carbons (Fsp3) is 0.733. The van der Waals surface area contributed by atoms with Gasteiger partial charge < -0.3 is 14.5 Å². The Morgan fingerprint density at radius 3 is 2.89 bits per heavy atom. The average molecular weight is 264 g/mol. The molecular formula is C15H24N2O2. The van der Waals surface area contributed by atoms with E-state index in [1.165, 1.54) is 18.4 Å². The van der Waals surface area contributed by atoms with Crippen molar-refractivity contribution in [1.29, 1.82) is 0 Å². The van der Waals surface area contributed by atoms with Crippen LogP contribution in [0.4, 0.5) is 0 Å². The Hall–Kier alpha value is -0.840. The number of rotatable bonds is 6. The fourth-order valence-corrected chi connectivity index (χ4v) is 2.81. The molecule has 4 heteroatoms. The van der Waals surface area contributed by atoms with Gasteiger partial charge in [0.2, 0.25) is 0 Å². The quantitative estimate of drug-likeness (QED) is 0.854. The molecule has 3 rings (SSSR count). The summed E-state index contributed by atoms with van der Waals surface area (Å²) in [7, 11) is 2.15. The Kier molecular flexibility index (Phi) is 3.91. The summed E-state index contributed by atoms with van der Waals surface area (Å²) in [5.41, 5.74) is 1.26. The maximum absolute atomic E-state index is 5.66. The minimum absolute atomic E-state index is 0.330. The normalized spacial score (nSPS) is 27.3. The number of nitrogens with zero attached hydrogens (tertiary/aromatic N) is 1. The van der Waals surface area contributed by atoms with Crippen molar-refractivity contribution in [2.24, 2.45) is 0 Å². The van der Waals surface area contributed by atoms with E-state index in [0.717, 1.165) is 37.9 Å². The minimum atomic E-state index is 0.330. The van der Waals surface area contributed by atoms with E-state index >= 15 is 0 Å². The first-order chi connectivity index (χ1) is 9.22. The summed E-state index contributed by atoms with van der Waals surface area (Å²) in [5.74, 6) is 1.05. The molecule has 0 aromatic carbocycles. The van der Waals surface area contributed by atoms with E-state index in [0.29, 0.717) is 12.1 Å². The highest BCUT2D eigenvalue weighted by atomic mass is 16.5. The van der Waals surface area contributed by atoms with Crippen LogP contribution in [0.3, 0.4) is 0 Å². The molecule has 2 heterocycles. The van der Waals surface area contributed by atoms with Crippen molar-refractivity contribution in [3.8, 4) is 0 Å². The van der Waals surface area contributed by atoms with Crippen LogP contribution in [0, 0.1) is 0 Å². The lowest BCUT2D eigenvalue weighted by molar-refractivity contribution is 0.0792. The van der Waals surface area contributed by atoms with Crippen LogP contribution >= 0.6 is 0 Å². The van der Waals surface area contributed by atoms with Crippen LogP contribution in [0.1, 0.15) is 37.5 Å². The van der Waals surface area contributed by atoms with Gasteiger partial charge in [0.15, 0.2) is 0 Å². The van der Waals surface area contributed by atoms with Crippen molar-refractivity contribution in [2.45, 2.75) is 57.5 Å². The molecule has 0 amide bonds. The second-order valence-electron chi connectivity index (χ2n) is 5.92. The summed E-state index contributed by atoms with van der Waals surface area (Å²) in [6.45, 7) is 4.83. The second-order valence-corrected chi connectivity index (χ2v) is 5.92. The minimum Gasteiger partial charge on any atom is -0.468 e. The standard InChI is InChI=1S/C15H24N2O2/c1-11-15(5-6-18-11)17(2)9-14-7-12(10-19-14)8-16-13-3-4-13/h7,10-11,13,15-16H,3-6,8-9H2,1-2H3. The van der Waals surface area contributed by atoms with E-state index in [1.54, 1.807) is 0 Å². The molecule has 1 aromatic heterocycles. The molecule has 2 atom stereocenters. The Balaban J connectivity index is 1.50. The SMILES string of the molecule is CC1OCCC1N(C)Cc1cc(CNC2CC2)co1. The lowest BCUT2D eigenvalue weighted by Crippen LogP contribution is -2.36. The van der Waals surface area contributed by atoms with E-state index in [2.05, 4.69) is 30.3 Å². The van der Waals surface area contributed by atoms with Crippen molar-refractivity contribution in [2.75, 3.05) is 13.7 Å². The van der Waals surface area contributed by atoms with E-state index in [4.69, 9.17) is 9.15 Å². The number of furan rings is 1. The van der Waals surface area contributed by atoms with Gasteiger partial charge in [-0.2, -0.15) is 0 Å². The van der Waals surface area contributed by atoms with Gasteiger partial charge in [-0.05, 0) is 39.3 Å². The Labute approximate surface area is 115 Å². The number of likely N-dealkylation sites (N-methyl/N-ethyl adjacent to an activating group) is 1. The first-order valence-corrected chi connectivity index (χ1v) is 7.34. The molecule has 0 bridgehead atoms. The lowest BCUT2D eigenvalue weighted by Gasteiger charge is -2.25. The molecule has 0 radical (unpaired) electrons. The van der Waals surface area contributed by atoms with Crippen LogP contribution < -0.4 is 5.32 Å². The summed E-state index contributed by atoms with van der Waals surface area (Å²) >= 11 is 0. The summed E-state index contributed by atoms with van der Waals surface area (Å²) < 4.78 is 11.3. The Morgan fingerprint density at radius 1 is 1.37 bits per heavy atom. The monoisotopic (exact) mass is 264 g/mol. The van der Waals surface area contributed by atoms with E-state index in [9.17, 15) is 0 Å². The van der Waals surface area contributed by atoms with Crippen molar-refractivity contribution < 1.29 is 9.15 Å². The summed E-state index contributed by atoms with van der Waals surface area (Å²) in [6, 6.07) is 3.43. The third kappa shape index (κ3) is 3.38. The highest BCUT2D eigenvalue weighted by Crippen LogP contribution is 2.22. The third-order valence-electron chi connectivity index (χ3n) is 4.19. The number of ether oxygens (including phenoxy) is 1. The van der Waals surface area contributed by atoms with Crippen molar-refractivity contribution >= 4 is 0 Å². The first-order valence-electron chi connectivity index (χ1n) is 7.34. The van der Waals surface area contributed by atoms with Gasteiger partial charge in [-0.25, -0.2) is 0 Å². The average Bonchev–Trinajstić information content (AvgIpc) is 2.95. The molecule has 2 fully saturated rings. The zero-order valence-corrected chi connectivity index (χ0v) is 11.9. The fourth-order valence-electron chi connectivity index (χ4n) is 2.81. The van der Waals surface area contributed by atoms with Crippen LogP contribution in [-0.4, -0.2) is 36.7 Å². The van der Waals surface area contributed by atoms with Gasteiger partial charge >= 0.3 is 0 Å². The van der Waals surface area contributed by atoms with Gasteiger partial charge in [-0.3, -0.25) is 4.90 Å². The van der Waals surface area contributed by atoms with Gasteiger partial charge in [-0.1, -0.05) is 0 Å². The number of nitrogens with one attached hydrogen (secondary N) is 1. The molecule has 106 valence electrons. The van der Waals surface area contributed by atoms with Crippen molar-refractivity contribution in [3.05, 3.63) is 23.7 Å². The van der Waals surface area contributed by atoms with Crippen LogP contribution in [0.15, 0.2) is 16.7 Å². The molecule has 2 aliphatic rings. The summed E-state index contributed by atoms with van der Waals surface area (Å²) in [4.78, 5) is 2.34.